The lowest BCUT2D eigenvalue weighted by molar-refractivity contribution is -0.0488. The van der Waals surface area contributed by atoms with Gasteiger partial charge in [-0.05, 0) is 55.5 Å². The molecular weight excluding hydrogens is 416 g/mol. The highest BCUT2D eigenvalue weighted by Gasteiger charge is 2.28. The third kappa shape index (κ3) is 4.36. The van der Waals surface area contributed by atoms with Crippen molar-refractivity contribution >= 4 is 28.2 Å². The van der Waals surface area contributed by atoms with Crippen LogP contribution in [-0.2, 0) is 11.4 Å². The maximum absolute atomic E-state index is 12.8. The van der Waals surface area contributed by atoms with Crippen molar-refractivity contribution in [1.29, 1.82) is 0 Å². The zero-order valence-electron chi connectivity index (χ0n) is 16.0. The number of hydrogen-bond acceptors (Lipinski definition) is 5. The van der Waals surface area contributed by atoms with Gasteiger partial charge in [0.15, 0.2) is 11.5 Å². The topological polar surface area (TPSA) is 83.8 Å². The Morgan fingerprint density at radius 1 is 1.27 bits per heavy atom. The molecule has 1 aliphatic carbocycles. The highest BCUT2D eigenvalue weighted by molar-refractivity contribution is 7.90. The number of carbonyl (C=O) groups excluding carboxylic acids is 1. The van der Waals surface area contributed by atoms with Gasteiger partial charge in [-0.2, -0.15) is 13.5 Å². The average Bonchev–Trinajstić information content (AvgIpc) is 3.46. The van der Waals surface area contributed by atoms with Crippen molar-refractivity contribution in [3.05, 3.63) is 53.8 Å². The molecule has 30 heavy (non-hydrogen) atoms. The molecule has 0 bridgehead atoms. The quantitative estimate of drug-likeness (QED) is 0.516. The van der Waals surface area contributed by atoms with Gasteiger partial charge in [0.2, 0.25) is 4.90 Å². The van der Waals surface area contributed by atoms with E-state index in [-0.39, 0.29) is 28.4 Å². The SMILES string of the molecule is CCOc1ccccc1[S+]([O-])NC(=O)c1cc2c(OC(F)F)cc(C3CC3)cc2o1. The summed E-state index contributed by atoms with van der Waals surface area (Å²) in [5.74, 6) is -0.273. The number of hydrogen-bond donors (Lipinski definition) is 1. The number of para-hydroxylation sites is 1. The summed E-state index contributed by atoms with van der Waals surface area (Å²) in [5, 5.41) is 0.255. The van der Waals surface area contributed by atoms with Crippen molar-refractivity contribution in [2.45, 2.75) is 37.2 Å². The number of benzene rings is 2. The van der Waals surface area contributed by atoms with Crippen LogP contribution in [-0.4, -0.2) is 23.7 Å². The van der Waals surface area contributed by atoms with Gasteiger partial charge in [-0.3, -0.25) is 4.79 Å². The molecule has 4 rings (SSSR count). The molecule has 3 aromatic rings. The Balaban J connectivity index is 1.60. The fourth-order valence-corrected chi connectivity index (χ4v) is 4.04. The van der Waals surface area contributed by atoms with Crippen LogP contribution >= 0.6 is 0 Å². The van der Waals surface area contributed by atoms with Crippen molar-refractivity contribution in [1.82, 2.24) is 4.72 Å². The van der Waals surface area contributed by atoms with Crippen molar-refractivity contribution in [2.24, 2.45) is 0 Å². The second kappa shape index (κ2) is 8.53. The van der Waals surface area contributed by atoms with Crippen molar-refractivity contribution in [3.8, 4) is 11.5 Å². The van der Waals surface area contributed by atoms with E-state index in [1.807, 2.05) is 0 Å². The van der Waals surface area contributed by atoms with E-state index in [4.69, 9.17) is 9.15 Å². The molecule has 1 N–H and O–H groups in total. The number of nitrogens with one attached hydrogen (secondary N) is 1. The van der Waals surface area contributed by atoms with Gasteiger partial charge in [0.05, 0.1) is 12.0 Å². The van der Waals surface area contributed by atoms with Crippen molar-refractivity contribution < 1.29 is 32.0 Å². The molecule has 1 fully saturated rings. The molecule has 1 saturated carbocycles. The number of ether oxygens (including phenoxy) is 2. The van der Waals surface area contributed by atoms with Gasteiger partial charge in [-0.1, -0.05) is 12.1 Å². The van der Waals surface area contributed by atoms with E-state index in [2.05, 4.69) is 9.46 Å². The lowest BCUT2D eigenvalue weighted by atomic mass is 10.1. The fourth-order valence-electron chi connectivity index (χ4n) is 3.15. The van der Waals surface area contributed by atoms with E-state index in [0.717, 1.165) is 18.4 Å². The third-order valence-corrected chi connectivity index (χ3v) is 5.75. The van der Waals surface area contributed by atoms with Crippen LogP contribution in [0.1, 0.15) is 41.8 Å². The van der Waals surface area contributed by atoms with Crippen LogP contribution < -0.4 is 14.2 Å². The Morgan fingerprint density at radius 2 is 2.03 bits per heavy atom. The van der Waals surface area contributed by atoms with Crippen LogP contribution in [0.2, 0.25) is 0 Å². The highest BCUT2D eigenvalue weighted by atomic mass is 32.2. The number of rotatable bonds is 8. The third-order valence-electron chi connectivity index (χ3n) is 4.64. The van der Waals surface area contributed by atoms with E-state index >= 15 is 0 Å². The smallest absolute Gasteiger partial charge is 0.387 e. The van der Waals surface area contributed by atoms with Gasteiger partial charge in [0.1, 0.15) is 22.7 Å². The van der Waals surface area contributed by atoms with Crippen LogP contribution in [0.4, 0.5) is 8.78 Å². The van der Waals surface area contributed by atoms with E-state index < -0.39 is 23.9 Å². The van der Waals surface area contributed by atoms with Gasteiger partial charge in [-0.25, -0.2) is 0 Å². The number of furan rings is 1. The van der Waals surface area contributed by atoms with Crippen LogP contribution in [0.5, 0.6) is 11.5 Å². The van der Waals surface area contributed by atoms with Gasteiger partial charge in [0.25, 0.3) is 0 Å². The number of alkyl halides is 2. The van der Waals surface area contributed by atoms with Crippen molar-refractivity contribution in [2.75, 3.05) is 6.61 Å². The minimum Gasteiger partial charge on any atom is -0.588 e. The molecule has 0 radical (unpaired) electrons. The number of fused-ring (bicyclic) bond motifs is 1. The molecule has 1 atom stereocenters. The first-order valence-electron chi connectivity index (χ1n) is 9.43. The van der Waals surface area contributed by atoms with E-state index in [1.54, 1.807) is 43.3 Å². The molecule has 1 amide bonds. The molecule has 0 spiro atoms. The summed E-state index contributed by atoms with van der Waals surface area (Å²) in [5.41, 5.74) is 1.09. The molecular formula is C21H19F2NO5S. The lowest BCUT2D eigenvalue weighted by Crippen LogP contribution is -2.30. The Kier molecular flexibility index (Phi) is 5.83. The first kappa shape index (κ1) is 20.5. The Morgan fingerprint density at radius 3 is 2.73 bits per heavy atom. The molecule has 1 unspecified atom stereocenters. The van der Waals surface area contributed by atoms with Gasteiger partial charge in [0, 0.05) is 6.07 Å². The lowest BCUT2D eigenvalue weighted by Gasteiger charge is -2.12. The summed E-state index contributed by atoms with van der Waals surface area (Å²) in [6.45, 7) is -0.832. The van der Waals surface area contributed by atoms with Crippen LogP contribution in [0, 0.1) is 0 Å². The fraction of sp³-hybridized carbons (Fsp3) is 0.286. The number of amides is 1. The second-order valence-electron chi connectivity index (χ2n) is 6.77. The summed E-state index contributed by atoms with van der Waals surface area (Å²) >= 11 is -1.90. The van der Waals surface area contributed by atoms with E-state index in [0.29, 0.717) is 17.3 Å². The first-order chi connectivity index (χ1) is 14.5. The molecule has 0 saturated heterocycles. The van der Waals surface area contributed by atoms with Gasteiger partial charge in [-0.15, -0.1) is 0 Å². The minimum atomic E-state index is -3.00. The van der Waals surface area contributed by atoms with Gasteiger partial charge >= 0.3 is 12.5 Å². The standard InChI is InChI=1S/C21H19F2NO5S/c1-2-27-15-5-3-4-6-19(15)30(26)24-20(25)18-11-14-16(28-18)9-13(12-7-8-12)10-17(14)29-21(22)23/h3-6,9-12,21H,2,7-8H2,1H3,(H,24,25). The van der Waals surface area contributed by atoms with Crippen LogP contribution in [0.3, 0.4) is 0 Å². The van der Waals surface area contributed by atoms with Crippen LogP contribution in [0.15, 0.2) is 51.8 Å². The largest absolute Gasteiger partial charge is 0.588 e. The number of carbonyl (C=O) groups is 1. The summed E-state index contributed by atoms with van der Waals surface area (Å²) in [7, 11) is 0. The molecule has 9 heteroatoms. The van der Waals surface area contributed by atoms with Gasteiger partial charge < -0.3 is 18.4 Å². The predicted octanol–water partition coefficient (Wildman–Crippen LogP) is 4.76. The normalized spacial score (nSPS) is 14.7. The maximum Gasteiger partial charge on any atom is 0.387 e. The second-order valence-corrected chi connectivity index (χ2v) is 7.96. The molecule has 6 nitrogen and oxygen atoms in total. The Hall–Kier alpha value is -2.78. The minimum absolute atomic E-state index is 0.0463. The summed E-state index contributed by atoms with van der Waals surface area (Å²) in [6, 6.07) is 11.2. The number of halogens is 2. The van der Waals surface area contributed by atoms with Crippen LogP contribution in [0.25, 0.3) is 11.0 Å². The molecule has 1 aromatic heterocycles. The molecule has 1 aliphatic rings. The zero-order valence-corrected chi connectivity index (χ0v) is 16.8. The summed E-state index contributed by atoms with van der Waals surface area (Å²) in [4.78, 5) is 12.9. The van der Waals surface area contributed by atoms with Crippen molar-refractivity contribution in [3.63, 3.8) is 0 Å². The molecule has 1 heterocycles. The molecule has 158 valence electrons. The Labute approximate surface area is 174 Å². The van der Waals surface area contributed by atoms with E-state index in [9.17, 15) is 18.1 Å². The monoisotopic (exact) mass is 435 g/mol. The molecule has 2 aromatic carbocycles. The molecule has 0 aliphatic heterocycles. The van der Waals surface area contributed by atoms with E-state index in [1.165, 1.54) is 6.07 Å². The maximum atomic E-state index is 12.8. The highest BCUT2D eigenvalue weighted by Crippen LogP contribution is 2.44. The average molecular weight is 435 g/mol. The predicted molar refractivity (Wildman–Crippen MR) is 106 cm³/mol. The summed E-state index contributed by atoms with van der Waals surface area (Å²) in [6.07, 6.45) is 1.93. The first-order valence-corrected chi connectivity index (χ1v) is 10.6. The Bertz CT molecular complexity index is 1070. The zero-order chi connectivity index (χ0) is 21.3. The summed E-state index contributed by atoms with van der Waals surface area (Å²) < 4.78 is 56.3.